The van der Waals surface area contributed by atoms with Gasteiger partial charge in [-0.05, 0) is 65.9 Å². The summed E-state index contributed by atoms with van der Waals surface area (Å²) in [4.78, 5) is 12.3. The van der Waals surface area contributed by atoms with Crippen LogP contribution in [0.4, 0.5) is 0 Å². The Morgan fingerprint density at radius 1 is 0.794 bits per heavy atom. The Morgan fingerprint density at radius 3 is 2.00 bits per heavy atom. The molecule has 0 N–H and O–H groups in total. The van der Waals surface area contributed by atoms with Gasteiger partial charge in [0.15, 0.2) is 0 Å². The normalized spacial score (nSPS) is 11.9. The van der Waals surface area contributed by atoms with E-state index in [1.807, 2.05) is 6.92 Å². The molecule has 0 fully saturated rings. The number of carbonyl (C=O) groups excluding carboxylic acids is 1. The van der Waals surface area contributed by atoms with E-state index < -0.39 is 7.92 Å². The largest absolute Gasteiger partial charge is 0.466 e. The smallest absolute Gasteiger partial charge is 0.306 e. The average molecular weight is 467 g/mol. The molecular weight excluding hydrogens is 435 g/mol. The molecule has 4 rings (SSSR count). The number of ether oxygens (including phenoxy) is 1. The zero-order valence-electron chi connectivity index (χ0n) is 20.1. The van der Waals surface area contributed by atoms with Crippen LogP contribution in [-0.2, 0) is 9.53 Å². The third-order valence-electron chi connectivity index (χ3n) is 6.06. The molecule has 0 bridgehead atoms. The van der Waals surface area contributed by atoms with Crippen LogP contribution in [0.5, 0.6) is 0 Å². The molecule has 0 amide bonds. The molecule has 0 saturated carbocycles. The van der Waals surface area contributed by atoms with Gasteiger partial charge in [0.05, 0.1) is 13.0 Å². The van der Waals surface area contributed by atoms with Gasteiger partial charge in [-0.25, -0.2) is 0 Å². The van der Waals surface area contributed by atoms with Crippen LogP contribution in [0.3, 0.4) is 0 Å². The summed E-state index contributed by atoms with van der Waals surface area (Å²) < 4.78 is 5.25. The maximum atomic E-state index is 12.3. The van der Waals surface area contributed by atoms with Crippen molar-refractivity contribution in [1.29, 1.82) is 0 Å². The fourth-order valence-corrected chi connectivity index (χ4v) is 6.97. The summed E-state index contributed by atoms with van der Waals surface area (Å²) in [5, 5.41) is 3.98. The average Bonchev–Trinajstić information content (AvgIpc) is 2.86. The highest BCUT2D eigenvalue weighted by Gasteiger charge is 2.24. The molecule has 4 aromatic carbocycles. The first-order chi connectivity index (χ1) is 16.6. The molecule has 4 aromatic rings. The quantitative estimate of drug-likeness (QED) is 0.220. The number of hydrogen-bond donors (Lipinski definition) is 0. The monoisotopic (exact) mass is 466 g/mol. The van der Waals surface area contributed by atoms with E-state index in [0.29, 0.717) is 13.0 Å². The summed E-state index contributed by atoms with van der Waals surface area (Å²) in [6, 6.07) is 36.8. The van der Waals surface area contributed by atoms with Gasteiger partial charge in [0.2, 0.25) is 0 Å². The minimum absolute atomic E-state index is 0.0571. The lowest BCUT2D eigenvalue weighted by atomic mass is 9.87. The van der Waals surface area contributed by atoms with Crippen molar-refractivity contribution in [3.8, 4) is 11.1 Å². The Hall–Kier alpha value is -3.22. The van der Waals surface area contributed by atoms with E-state index in [0.717, 1.165) is 0 Å². The summed E-state index contributed by atoms with van der Waals surface area (Å²) in [6.07, 6.45) is 0.374. The second kappa shape index (κ2) is 11.3. The summed E-state index contributed by atoms with van der Waals surface area (Å²) in [7, 11) is -0.749. The Balaban J connectivity index is 1.88. The number of rotatable bonds is 8. The van der Waals surface area contributed by atoms with Gasteiger partial charge in [-0.3, -0.25) is 4.79 Å². The zero-order chi connectivity index (χ0) is 23.9. The fraction of sp³-hybridized carbons (Fsp3) is 0.194. The molecule has 0 heterocycles. The molecule has 0 aliphatic rings. The van der Waals surface area contributed by atoms with Crippen LogP contribution < -0.4 is 15.9 Å². The first kappa shape index (κ1) is 23.9. The fourth-order valence-electron chi connectivity index (χ4n) is 4.51. The zero-order valence-corrected chi connectivity index (χ0v) is 21.0. The van der Waals surface area contributed by atoms with Crippen LogP contribution in [0.15, 0.2) is 103 Å². The predicted octanol–water partition coefficient (Wildman–Crippen LogP) is 6.48. The Labute approximate surface area is 204 Å². The highest BCUT2D eigenvalue weighted by Crippen LogP contribution is 2.40. The second-order valence-electron chi connectivity index (χ2n) is 8.47. The van der Waals surface area contributed by atoms with Gasteiger partial charge < -0.3 is 4.74 Å². The lowest BCUT2D eigenvalue weighted by Crippen LogP contribution is -2.22. The summed E-state index contributed by atoms with van der Waals surface area (Å²) >= 11 is 0. The van der Waals surface area contributed by atoms with E-state index >= 15 is 0 Å². The minimum atomic E-state index is -0.749. The van der Waals surface area contributed by atoms with Crippen molar-refractivity contribution in [2.45, 2.75) is 33.1 Å². The van der Waals surface area contributed by atoms with E-state index in [9.17, 15) is 4.79 Å². The number of benzene rings is 4. The van der Waals surface area contributed by atoms with E-state index in [1.165, 1.54) is 38.2 Å². The van der Waals surface area contributed by atoms with Gasteiger partial charge in [-0.2, -0.15) is 0 Å². The first-order valence-corrected chi connectivity index (χ1v) is 13.2. The maximum absolute atomic E-state index is 12.3. The van der Waals surface area contributed by atoms with Crippen molar-refractivity contribution >= 4 is 29.8 Å². The van der Waals surface area contributed by atoms with Gasteiger partial charge >= 0.3 is 5.97 Å². The predicted molar refractivity (Wildman–Crippen MR) is 145 cm³/mol. The minimum Gasteiger partial charge on any atom is -0.466 e. The molecule has 1 unspecified atom stereocenters. The standard InChI is InChI=1S/C31H31O2P/c1-4-33-30(32)22-24(3)27-20-13-14-23(2)31(27)28-19-11-12-21-29(28)34(25-15-7-5-8-16-25)26-17-9-6-10-18-26/h5-21,24H,4,22H2,1-3H3. The number of aryl methyl sites for hydroxylation is 1. The molecule has 0 saturated heterocycles. The summed E-state index contributed by atoms with van der Waals surface area (Å²) in [6.45, 7) is 6.55. The Bertz CT molecular complexity index is 1200. The van der Waals surface area contributed by atoms with Crippen LogP contribution in [0.2, 0.25) is 0 Å². The number of esters is 1. The molecule has 3 heteroatoms. The van der Waals surface area contributed by atoms with Crippen LogP contribution in [-0.4, -0.2) is 12.6 Å². The van der Waals surface area contributed by atoms with Crippen LogP contribution >= 0.6 is 7.92 Å². The summed E-state index contributed by atoms with van der Waals surface area (Å²) in [5.74, 6) is -0.0896. The van der Waals surface area contributed by atoms with Crippen molar-refractivity contribution in [2.24, 2.45) is 0 Å². The van der Waals surface area contributed by atoms with Gasteiger partial charge in [-0.1, -0.05) is 110 Å². The molecule has 1 atom stereocenters. The lowest BCUT2D eigenvalue weighted by Gasteiger charge is -2.25. The number of carbonyl (C=O) groups is 1. The molecule has 0 spiro atoms. The Morgan fingerprint density at radius 2 is 1.38 bits per heavy atom. The topological polar surface area (TPSA) is 26.3 Å². The second-order valence-corrected chi connectivity index (χ2v) is 10.7. The number of hydrogen-bond acceptors (Lipinski definition) is 2. The van der Waals surface area contributed by atoms with E-state index in [1.54, 1.807) is 0 Å². The van der Waals surface area contributed by atoms with Gasteiger partial charge in [0, 0.05) is 0 Å². The van der Waals surface area contributed by atoms with Crippen LogP contribution in [0, 0.1) is 6.92 Å². The van der Waals surface area contributed by atoms with Crippen LogP contribution in [0.25, 0.3) is 11.1 Å². The molecular formula is C31H31O2P. The first-order valence-electron chi connectivity index (χ1n) is 11.8. The van der Waals surface area contributed by atoms with Crippen molar-refractivity contribution in [1.82, 2.24) is 0 Å². The molecule has 0 radical (unpaired) electrons. The van der Waals surface area contributed by atoms with E-state index in [2.05, 4.69) is 117 Å². The maximum Gasteiger partial charge on any atom is 0.306 e. The third kappa shape index (κ3) is 5.29. The van der Waals surface area contributed by atoms with Gasteiger partial charge in [0.1, 0.15) is 0 Å². The lowest BCUT2D eigenvalue weighted by molar-refractivity contribution is -0.143. The van der Waals surface area contributed by atoms with Crippen molar-refractivity contribution in [2.75, 3.05) is 6.61 Å². The molecule has 172 valence electrons. The van der Waals surface area contributed by atoms with Gasteiger partial charge in [-0.15, -0.1) is 0 Å². The molecule has 0 aliphatic carbocycles. The molecule has 2 nitrogen and oxygen atoms in total. The molecule has 0 aromatic heterocycles. The van der Waals surface area contributed by atoms with Crippen molar-refractivity contribution in [3.05, 3.63) is 114 Å². The highest BCUT2D eigenvalue weighted by atomic mass is 31.1. The van der Waals surface area contributed by atoms with E-state index in [4.69, 9.17) is 4.74 Å². The van der Waals surface area contributed by atoms with Gasteiger partial charge in [0.25, 0.3) is 0 Å². The SMILES string of the molecule is CCOC(=O)CC(C)c1cccc(C)c1-c1ccccc1P(c1ccccc1)c1ccccc1. The Kier molecular flexibility index (Phi) is 7.93. The van der Waals surface area contributed by atoms with E-state index in [-0.39, 0.29) is 11.9 Å². The summed E-state index contributed by atoms with van der Waals surface area (Å²) in [5.41, 5.74) is 4.88. The van der Waals surface area contributed by atoms with Crippen LogP contribution in [0.1, 0.15) is 37.3 Å². The molecule has 34 heavy (non-hydrogen) atoms. The highest BCUT2D eigenvalue weighted by molar-refractivity contribution is 7.80. The molecule has 0 aliphatic heterocycles. The third-order valence-corrected chi connectivity index (χ3v) is 8.56. The van der Waals surface area contributed by atoms with Crippen molar-refractivity contribution < 1.29 is 9.53 Å². The van der Waals surface area contributed by atoms with Crippen molar-refractivity contribution in [3.63, 3.8) is 0 Å².